The number of likely N-dealkylation sites (N-methyl/N-ethyl adjacent to an activating group) is 1. The maximum Gasteiger partial charge on any atom is 0.341 e. The molecule has 0 aliphatic carbocycles. The molecule has 9 nitrogen and oxygen atoms in total. The summed E-state index contributed by atoms with van der Waals surface area (Å²) in [5.41, 5.74) is 1.91. The van der Waals surface area contributed by atoms with Crippen molar-refractivity contribution in [3.63, 3.8) is 0 Å². The minimum Gasteiger partial charge on any atom is -0.486 e. The maximum atomic E-state index is 14.6. The van der Waals surface area contributed by atoms with E-state index in [0.29, 0.717) is 53.4 Å². The minimum absolute atomic E-state index is 0.254. The van der Waals surface area contributed by atoms with Gasteiger partial charge in [-0.3, -0.25) is 9.88 Å². The van der Waals surface area contributed by atoms with Crippen LogP contribution in [-0.4, -0.2) is 85.3 Å². The summed E-state index contributed by atoms with van der Waals surface area (Å²) >= 11 is 6.12. The number of carbonyl (C=O) groups excluding carboxylic acids is 1. The van der Waals surface area contributed by atoms with E-state index in [9.17, 15) is 9.18 Å². The van der Waals surface area contributed by atoms with Gasteiger partial charge >= 0.3 is 5.97 Å². The molecule has 2 aliphatic heterocycles. The summed E-state index contributed by atoms with van der Waals surface area (Å²) in [7, 11) is 2.10. The third kappa shape index (κ3) is 5.93. The molecule has 0 radical (unpaired) electrons. The fourth-order valence-corrected chi connectivity index (χ4v) is 4.45. The van der Waals surface area contributed by atoms with Gasteiger partial charge in [0.05, 0.1) is 23.6 Å². The molecule has 1 aromatic carbocycles. The van der Waals surface area contributed by atoms with Crippen LogP contribution in [0.3, 0.4) is 0 Å². The number of anilines is 3. The standard InChI is InChI=1S/C26H28ClFN6O3/c1-33-7-9-34(10-8-33)11-13-37-26(35)19-16-29-5-4-21(19)31-23-15-22(18-14-17(27)2-3-20(18)28)32-25-24(23)36-12-6-30-25/h2-5,14-16H,6-13H2,1H3,(H2,29,30,31,32). The largest absolute Gasteiger partial charge is 0.486 e. The fourth-order valence-electron chi connectivity index (χ4n) is 4.27. The fraction of sp³-hybridized carbons (Fsp3) is 0.346. The first-order valence-corrected chi connectivity index (χ1v) is 12.5. The predicted octanol–water partition coefficient (Wildman–Crippen LogP) is 3.89. The number of halogens is 2. The van der Waals surface area contributed by atoms with E-state index in [1.165, 1.54) is 24.4 Å². The molecule has 0 unspecified atom stereocenters. The molecule has 2 aliphatic rings. The smallest absolute Gasteiger partial charge is 0.341 e. The average Bonchev–Trinajstić information content (AvgIpc) is 2.91. The van der Waals surface area contributed by atoms with Crippen molar-refractivity contribution >= 4 is 34.8 Å². The lowest BCUT2D eigenvalue weighted by molar-refractivity contribution is 0.0433. The van der Waals surface area contributed by atoms with Crippen LogP contribution in [0.1, 0.15) is 10.4 Å². The van der Waals surface area contributed by atoms with Crippen molar-refractivity contribution in [1.82, 2.24) is 19.8 Å². The quantitative estimate of drug-likeness (QED) is 0.445. The van der Waals surface area contributed by atoms with Crippen molar-refractivity contribution in [2.75, 3.05) is 70.2 Å². The summed E-state index contributed by atoms with van der Waals surface area (Å²) in [6.07, 6.45) is 3.04. The van der Waals surface area contributed by atoms with Gasteiger partial charge in [-0.15, -0.1) is 0 Å². The number of nitrogens with zero attached hydrogens (tertiary/aromatic N) is 4. The molecule has 194 valence electrons. The second-order valence-corrected chi connectivity index (χ2v) is 9.40. The summed E-state index contributed by atoms with van der Waals surface area (Å²) < 4.78 is 26.1. The number of hydrogen-bond donors (Lipinski definition) is 2. The summed E-state index contributed by atoms with van der Waals surface area (Å²) in [6, 6.07) is 7.66. The molecule has 11 heteroatoms. The van der Waals surface area contributed by atoms with Gasteiger partial charge in [0.1, 0.15) is 24.6 Å². The molecule has 1 saturated heterocycles. The Morgan fingerprint density at radius 2 is 2.05 bits per heavy atom. The van der Waals surface area contributed by atoms with E-state index in [-0.39, 0.29) is 17.7 Å². The van der Waals surface area contributed by atoms with Gasteiger partial charge in [0.2, 0.25) is 0 Å². The number of esters is 1. The second-order valence-electron chi connectivity index (χ2n) is 8.96. The third-order valence-electron chi connectivity index (χ3n) is 6.37. The van der Waals surface area contributed by atoms with Crippen LogP contribution in [0.15, 0.2) is 42.7 Å². The van der Waals surface area contributed by atoms with Crippen molar-refractivity contribution < 1.29 is 18.7 Å². The Kier molecular flexibility index (Phi) is 7.68. The zero-order valence-corrected chi connectivity index (χ0v) is 21.2. The maximum absolute atomic E-state index is 14.6. The van der Waals surface area contributed by atoms with Crippen LogP contribution >= 0.6 is 11.6 Å². The molecule has 2 aromatic heterocycles. The van der Waals surface area contributed by atoms with Crippen LogP contribution in [0.4, 0.5) is 21.6 Å². The van der Waals surface area contributed by atoms with Gasteiger partial charge in [-0.05, 0) is 37.4 Å². The molecule has 37 heavy (non-hydrogen) atoms. The van der Waals surface area contributed by atoms with E-state index in [0.717, 1.165) is 26.2 Å². The molecule has 0 saturated carbocycles. The number of aromatic nitrogens is 2. The number of fused-ring (bicyclic) bond motifs is 1. The van der Waals surface area contributed by atoms with E-state index >= 15 is 0 Å². The first-order valence-electron chi connectivity index (χ1n) is 12.1. The van der Waals surface area contributed by atoms with Gasteiger partial charge in [0, 0.05) is 55.7 Å². The number of rotatable bonds is 7. The first kappa shape index (κ1) is 25.2. The highest BCUT2D eigenvalue weighted by molar-refractivity contribution is 6.30. The highest BCUT2D eigenvalue weighted by Crippen LogP contribution is 2.40. The first-order chi connectivity index (χ1) is 18.0. The molecule has 5 rings (SSSR count). The van der Waals surface area contributed by atoms with Gasteiger partial charge in [-0.1, -0.05) is 11.6 Å². The van der Waals surface area contributed by atoms with E-state index in [4.69, 9.17) is 21.1 Å². The molecular weight excluding hydrogens is 499 g/mol. The minimum atomic E-state index is -0.479. The Labute approximate surface area is 219 Å². The SMILES string of the molecule is CN1CCN(CCOC(=O)c2cnccc2Nc2cc(-c3cc(Cl)ccc3F)nc3c2OCCN3)CC1. The molecular formula is C26H28ClFN6O3. The lowest BCUT2D eigenvalue weighted by Crippen LogP contribution is -2.45. The second kappa shape index (κ2) is 11.3. The van der Waals surface area contributed by atoms with Crippen molar-refractivity contribution in [1.29, 1.82) is 0 Å². The lowest BCUT2D eigenvalue weighted by atomic mass is 10.1. The molecule has 0 amide bonds. The Bertz CT molecular complexity index is 1290. The number of pyridine rings is 2. The van der Waals surface area contributed by atoms with E-state index in [1.54, 1.807) is 18.3 Å². The summed E-state index contributed by atoms with van der Waals surface area (Å²) in [4.78, 5) is 26.2. The third-order valence-corrected chi connectivity index (χ3v) is 6.60. The number of hydrogen-bond acceptors (Lipinski definition) is 9. The number of benzene rings is 1. The van der Waals surface area contributed by atoms with E-state index < -0.39 is 11.8 Å². The number of carbonyl (C=O) groups is 1. The van der Waals surface area contributed by atoms with Gasteiger partial charge < -0.3 is 25.0 Å². The molecule has 1 fully saturated rings. The van der Waals surface area contributed by atoms with Crippen molar-refractivity contribution in [2.45, 2.75) is 0 Å². The van der Waals surface area contributed by atoms with Crippen LogP contribution < -0.4 is 15.4 Å². The van der Waals surface area contributed by atoms with Gasteiger partial charge in [-0.2, -0.15) is 0 Å². The number of nitrogens with one attached hydrogen (secondary N) is 2. The monoisotopic (exact) mass is 526 g/mol. The Morgan fingerprint density at radius 3 is 2.89 bits per heavy atom. The van der Waals surface area contributed by atoms with Crippen molar-refractivity contribution in [3.05, 3.63) is 59.1 Å². The number of piperazine rings is 1. The van der Waals surface area contributed by atoms with Gasteiger partial charge in [-0.25, -0.2) is 14.2 Å². The van der Waals surface area contributed by atoms with Crippen LogP contribution in [0.25, 0.3) is 11.3 Å². The highest BCUT2D eigenvalue weighted by Gasteiger charge is 2.22. The summed E-state index contributed by atoms with van der Waals surface area (Å²) in [6.45, 7) is 5.85. The lowest BCUT2D eigenvalue weighted by Gasteiger charge is -2.32. The topological polar surface area (TPSA) is 91.9 Å². The van der Waals surface area contributed by atoms with E-state index in [1.807, 2.05) is 0 Å². The van der Waals surface area contributed by atoms with Crippen molar-refractivity contribution in [3.8, 4) is 17.0 Å². The molecule has 4 heterocycles. The zero-order chi connectivity index (χ0) is 25.8. The van der Waals surface area contributed by atoms with Crippen LogP contribution in [-0.2, 0) is 4.74 Å². The molecule has 3 aromatic rings. The Balaban J connectivity index is 1.37. The highest BCUT2D eigenvalue weighted by atomic mass is 35.5. The van der Waals surface area contributed by atoms with Gasteiger partial charge in [0.15, 0.2) is 11.6 Å². The Hall–Kier alpha value is -3.47. The van der Waals surface area contributed by atoms with Crippen LogP contribution in [0, 0.1) is 5.82 Å². The van der Waals surface area contributed by atoms with Gasteiger partial charge in [0.25, 0.3) is 0 Å². The molecule has 0 atom stereocenters. The van der Waals surface area contributed by atoms with E-state index in [2.05, 4.69) is 37.4 Å². The summed E-state index contributed by atoms with van der Waals surface area (Å²) in [5, 5.41) is 6.84. The molecule has 0 spiro atoms. The summed E-state index contributed by atoms with van der Waals surface area (Å²) in [5.74, 6) is 0.0143. The molecule has 2 N–H and O–H groups in total. The number of ether oxygens (including phenoxy) is 2. The Morgan fingerprint density at radius 1 is 1.22 bits per heavy atom. The average molecular weight is 527 g/mol. The normalized spacial score (nSPS) is 15.9. The van der Waals surface area contributed by atoms with Crippen LogP contribution in [0.5, 0.6) is 5.75 Å². The van der Waals surface area contributed by atoms with Crippen LogP contribution in [0.2, 0.25) is 5.02 Å². The predicted molar refractivity (Wildman–Crippen MR) is 140 cm³/mol. The van der Waals surface area contributed by atoms with Crippen molar-refractivity contribution in [2.24, 2.45) is 0 Å². The zero-order valence-electron chi connectivity index (χ0n) is 20.5. The molecule has 0 bridgehead atoms.